The summed E-state index contributed by atoms with van der Waals surface area (Å²) in [6.07, 6.45) is 17.3. The average Bonchev–Trinajstić information content (AvgIpc) is 2.87. The van der Waals surface area contributed by atoms with Gasteiger partial charge in [-0.15, -0.1) is 0 Å². The molecule has 0 aromatic rings. The Kier molecular flexibility index (Phi) is 3.74. The Hall–Kier alpha value is -0.530. The van der Waals surface area contributed by atoms with Crippen LogP contribution in [0.25, 0.3) is 0 Å². The highest BCUT2D eigenvalue weighted by Gasteiger charge is 2.33. The van der Waals surface area contributed by atoms with Crippen molar-refractivity contribution in [3.63, 3.8) is 0 Å². The van der Waals surface area contributed by atoms with Crippen LogP contribution in [0, 0.1) is 17.8 Å². The van der Waals surface area contributed by atoms with E-state index in [9.17, 15) is 0 Å². The lowest BCUT2D eigenvalue weighted by Gasteiger charge is -2.39. The summed E-state index contributed by atoms with van der Waals surface area (Å²) in [4.78, 5) is 4.97. The van der Waals surface area contributed by atoms with Crippen LogP contribution in [0.2, 0.25) is 0 Å². The molecule has 3 fully saturated rings. The van der Waals surface area contributed by atoms with Crippen LogP contribution < -0.4 is 5.32 Å². The zero-order chi connectivity index (χ0) is 13.4. The number of aliphatic imine (C=N–C) groups is 1. The van der Waals surface area contributed by atoms with Crippen LogP contribution in [0.15, 0.2) is 4.99 Å². The van der Waals surface area contributed by atoms with Crippen molar-refractivity contribution >= 4 is 5.84 Å². The van der Waals surface area contributed by atoms with E-state index in [1.807, 2.05) is 0 Å². The number of fused-ring (bicyclic) bond motifs is 3. The zero-order valence-corrected chi connectivity index (χ0v) is 12.8. The normalized spacial score (nSPS) is 43.6. The second-order valence-corrected chi connectivity index (χ2v) is 7.95. The Labute approximate surface area is 123 Å². The van der Waals surface area contributed by atoms with Crippen LogP contribution in [-0.4, -0.2) is 17.9 Å². The lowest BCUT2D eigenvalue weighted by Crippen LogP contribution is -2.37. The molecule has 0 radical (unpaired) electrons. The van der Waals surface area contributed by atoms with Gasteiger partial charge >= 0.3 is 0 Å². The Morgan fingerprint density at radius 1 is 0.900 bits per heavy atom. The molecule has 3 saturated carbocycles. The van der Waals surface area contributed by atoms with Crippen LogP contribution in [0.1, 0.15) is 77.0 Å². The Bertz CT molecular complexity index is 364. The summed E-state index contributed by atoms with van der Waals surface area (Å²) < 4.78 is 0. The monoisotopic (exact) mass is 274 g/mol. The van der Waals surface area contributed by atoms with Crippen LogP contribution in [-0.2, 0) is 0 Å². The quantitative estimate of drug-likeness (QED) is 0.815. The maximum absolute atomic E-state index is 4.97. The minimum Gasteiger partial charge on any atom is -0.369 e. The number of amidine groups is 1. The highest BCUT2D eigenvalue weighted by atomic mass is 15.1. The first kappa shape index (κ1) is 13.2. The molecule has 4 unspecified atom stereocenters. The molecule has 1 heterocycles. The second-order valence-electron chi connectivity index (χ2n) is 7.95. The van der Waals surface area contributed by atoms with E-state index < -0.39 is 0 Å². The van der Waals surface area contributed by atoms with E-state index in [0.717, 1.165) is 17.8 Å². The van der Waals surface area contributed by atoms with Crippen molar-refractivity contribution < 1.29 is 0 Å². The molecule has 2 heteroatoms. The summed E-state index contributed by atoms with van der Waals surface area (Å²) in [5.74, 6) is 4.52. The molecule has 4 aliphatic rings. The van der Waals surface area contributed by atoms with Gasteiger partial charge in [0, 0.05) is 12.5 Å². The van der Waals surface area contributed by atoms with Gasteiger partial charge in [0.05, 0.1) is 11.9 Å². The minimum absolute atomic E-state index is 0.629. The summed E-state index contributed by atoms with van der Waals surface area (Å²) in [7, 11) is 0. The van der Waals surface area contributed by atoms with E-state index in [4.69, 9.17) is 4.99 Å². The lowest BCUT2D eigenvalue weighted by molar-refractivity contribution is 0.133. The summed E-state index contributed by atoms with van der Waals surface area (Å²) in [6, 6.07) is 1.33. The molecule has 112 valence electrons. The SMILES string of the molecule is C1CC2CC(C1)CC(CCC1=NC3CCCCC3N1)C2. The van der Waals surface area contributed by atoms with E-state index in [-0.39, 0.29) is 0 Å². The summed E-state index contributed by atoms with van der Waals surface area (Å²) in [5, 5.41) is 3.73. The second kappa shape index (κ2) is 5.69. The average molecular weight is 274 g/mol. The fourth-order valence-electron chi connectivity index (χ4n) is 5.47. The van der Waals surface area contributed by atoms with Crippen molar-refractivity contribution in [1.82, 2.24) is 5.32 Å². The van der Waals surface area contributed by atoms with E-state index in [0.29, 0.717) is 12.1 Å². The molecule has 4 rings (SSSR count). The molecule has 0 aromatic heterocycles. The van der Waals surface area contributed by atoms with Gasteiger partial charge in [-0.2, -0.15) is 0 Å². The third-order valence-corrected chi connectivity index (χ3v) is 6.42. The smallest absolute Gasteiger partial charge is 0.0970 e. The van der Waals surface area contributed by atoms with Crippen molar-refractivity contribution in [2.24, 2.45) is 22.7 Å². The minimum atomic E-state index is 0.629. The van der Waals surface area contributed by atoms with Gasteiger partial charge in [0.2, 0.25) is 0 Å². The number of nitrogens with zero attached hydrogens (tertiary/aromatic N) is 1. The predicted molar refractivity (Wildman–Crippen MR) is 84.0 cm³/mol. The van der Waals surface area contributed by atoms with E-state index >= 15 is 0 Å². The molecule has 0 amide bonds. The van der Waals surface area contributed by atoms with E-state index in [2.05, 4.69) is 5.32 Å². The molecule has 4 atom stereocenters. The highest BCUT2D eigenvalue weighted by molar-refractivity contribution is 5.84. The van der Waals surface area contributed by atoms with Gasteiger partial charge in [-0.1, -0.05) is 32.1 Å². The molecule has 2 bridgehead atoms. The fourth-order valence-corrected chi connectivity index (χ4v) is 5.47. The maximum Gasteiger partial charge on any atom is 0.0970 e. The lowest BCUT2D eigenvalue weighted by atomic mass is 9.67. The molecule has 0 aromatic carbocycles. The van der Waals surface area contributed by atoms with E-state index in [1.54, 1.807) is 6.42 Å². The first-order chi connectivity index (χ1) is 9.87. The third kappa shape index (κ3) is 2.76. The van der Waals surface area contributed by atoms with Gasteiger partial charge in [0.1, 0.15) is 0 Å². The molecular formula is C18H30N2. The van der Waals surface area contributed by atoms with Gasteiger partial charge in [0.25, 0.3) is 0 Å². The number of hydrogen-bond donors (Lipinski definition) is 1. The number of nitrogens with one attached hydrogen (secondary N) is 1. The van der Waals surface area contributed by atoms with Crippen molar-refractivity contribution in [1.29, 1.82) is 0 Å². The fraction of sp³-hybridized carbons (Fsp3) is 0.944. The van der Waals surface area contributed by atoms with Gasteiger partial charge in [0.15, 0.2) is 0 Å². The van der Waals surface area contributed by atoms with Crippen LogP contribution in [0.3, 0.4) is 0 Å². The van der Waals surface area contributed by atoms with Crippen molar-refractivity contribution in [2.75, 3.05) is 0 Å². The van der Waals surface area contributed by atoms with Crippen molar-refractivity contribution in [3.05, 3.63) is 0 Å². The molecule has 2 nitrogen and oxygen atoms in total. The zero-order valence-electron chi connectivity index (χ0n) is 12.8. The molecule has 0 spiro atoms. The highest BCUT2D eigenvalue weighted by Crippen LogP contribution is 2.43. The predicted octanol–water partition coefficient (Wildman–Crippen LogP) is 4.30. The van der Waals surface area contributed by atoms with E-state index in [1.165, 1.54) is 76.5 Å². The van der Waals surface area contributed by atoms with Crippen LogP contribution in [0.4, 0.5) is 0 Å². The first-order valence-electron chi connectivity index (χ1n) is 9.20. The number of hydrogen-bond acceptors (Lipinski definition) is 2. The molecular weight excluding hydrogens is 244 g/mol. The largest absolute Gasteiger partial charge is 0.369 e. The first-order valence-corrected chi connectivity index (χ1v) is 9.20. The van der Waals surface area contributed by atoms with Gasteiger partial charge in [-0.05, 0) is 56.3 Å². The van der Waals surface area contributed by atoms with Crippen LogP contribution in [0.5, 0.6) is 0 Å². The maximum atomic E-state index is 4.97. The molecule has 1 N–H and O–H groups in total. The van der Waals surface area contributed by atoms with Gasteiger partial charge < -0.3 is 5.32 Å². The molecule has 3 aliphatic carbocycles. The van der Waals surface area contributed by atoms with Gasteiger partial charge in [-0.25, -0.2) is 0 Å². The summed E-state index contributed by atoms with van der Waals surface area (Å²) in [6.45, 7) is 0. The molecule has 0 saturated heterocycles. The van der Waals surface area contributed by atoms with Gasteiger partial charge in [-0.3, -0.25) is 4.99 Å². The topological polar surface area (TPSA) is 24.4 Å². The molecule has 1 aliphatic heterocycles. The summed E-state index contributed by atoms with van der Waals surface area (Å²) in [5.41, 5.74) is 0. The Morgan fingerprint density at radius 3 is 2.50 bits per heavy atom. The standard InChI is InChI=1S/C18H30N2/c1-2-7-17-16(6-1)19-18(20-17)9-8-15-11-13-4-3-5-14(10-13)12-15/h13-17H,1-12H2,(H,19,20). The molecule has 20 heavy (non-hydrogen) atoms. The summed E-state index contributed by atoms with van der Waals surface area (Å²) >= 11 is 0. The van der Waals surface area contributed by atoms with Crippen LogP contribution >= 0.6 is 0 Å². The van der Waals surface area contributed by atoms with Crippen molar-refractivity contribution in [2.45, 2.75) is 89.1 Å². The van der Waals surface area contributed by atoms with Crippen molar-refractivity contribution in [3.8, 4) is 0 Å². The Balaban J connectivity index is 1.28. The Morgan fingerprint density at radius 2 is 1.70 bits per heavy atom. The third-order valence-electron chi connectivity index (χ3n) is 6.42. The number of rotatable bonds is 3.